The number of urea groups is 1. The summed E-state index contributed by atoms with van der Waals surface area (Å²) < 4.78 is 0.551. The van der Waals surface area contributed by atoms with Crippen molar-refractivity contribution < 1.29 is 9.90 Å². The minimum absolute atomic E-state index is 0.105. The molecule has 8 heteroatoms. The van der Waals surface area contributed by atoms with Gasteiger partial charge in [-0.1, -0.05) is 54.7 Å². The molecule has 1 aliphatic rings. The fraction of sp³-hybridized carbons (Fsp3) is 0.700. The normalized spacial score (nSPS) is 20.9. The van der Waals surface area contributed by atoms with Gasteiger partial charge >= 0.3 is 6.03 Å². The standard InChI is InChI=1S/C10H15IN4O2S/c1-10(2,3)7-12-13-8(18-7)15-6(16)4-14(5-11)9(15)17/h6,16H,4-5H2,1-3H3. The van der Waals surface area contributed by atoms with Crippen molar-refractivity contribution in [1.82, 2.24) is 15.1 Å². The smallest absolute Gasteiger partial charge is 0.329 e. The molecule has 1 saturated heterocycles. The van der Waals surface area contributed by atoms with E-state index in [-0.39, 0.29) is 11.4 Å². The minimum Gasteiger partial charge on any atom is -0.371 e. The van der Waals surface area contributed by atoms with Gasteiger partial charge in [0.05, 0.1) is 11.1 Å². The molecule has 0 saturated carbocycles. The Balaban J connectivity index is 2.27. The second-order valence-corrected chi connectivity index (χ2v) is 6.75. The molecule has 1 N–H and O–H groups in total. The van der Waals surface area contributed by atoms with E-state index in [2.05, 4.69) is 32.8 Å². The second-order valence-electron chi connectivity index (χ2n) is 5.11. The molecule has 100 valence electrons. The molecule has 2 heterocycles. The van der Waals surface area contributed by atoms with E-state index in [4.69, 9.17) is 0 Å². The summed E-state index contributed by atoms with van der Waals surface area (Å²) in [5.74, 6) is 0. The zero-order valence-corrected chi connectivity index (χ0v) is 13.4. The number of alkyl halides is 1. The fourth-order valence-electron chi connectivity index (χ4n) is 1.56. The molecular weight excluding hydrogens is 367 g/mol. The molecule has 2 amide bonds. The first-order valence-corrected chi connectivity index (χ1v) is 7.85. The fourth-order valence-corrected chi connectivity index (χ4v) is 3.07. The lowest BCUT2D eigenvalue weighted by molar-refractivity contribution is 0.183. The highest BCUT2D eigenvalue weighted by atomic mass is 127. The number of amides is 2. The van der Waals surface area contributed by atoms with Crippen LogP contribution in [-0.2, 0) is 5.41 Å². The maximum absolute atomic E-state index is 12.0. The first-order chi connectivity index (χ1) is 8.34. The molecule has 0 bridgehead atoms. The van der Waals surface area contributed by atoms with Crippen LogP contribution in [0.2, 0.25) is 0 Å². The first kappa shape index (κ1) is 13.9. The molecule has 0 aliphatic carbocycles. The Morgan fingerprint density at radius 3 is 2.61 bits per heavy atom. The van der Waals surface area contributed by atoms with Crippen molar-refractivity contribution in [3.05, 3.63) is 5.01 Å². The van der Waals surface area contributed by atoms with Crippen molar-refractivity contribution in [3.63, 3.8) is 0 Å². The van der Waals surface area contributed by atoms with Gasteiger partial charge in [-0.25, -0.2) is 9.69 Å². The summed E-state index contributed by atoms with van der Waals surface area (Å²) in [7, 11) is 0. The molecule has 1 atom stereocenters. The summed E-state index contributed by atoms with van der Waals surface area (Å²) in [6.45, 7) is 6.43. The predicted octanol–water partition coefficient (Wildman–Crippen LogP) is 1.79. The van der Waals surface area contributed by atoms with E-state index < -0.39 is 6.23 Å². The Kier molecular flexibility index (Phi) is 3.79. The van der Waals surface area contributed by atoms with Crippen LogP contribution in [0.4, 0.5) is 9.93 Å². The van der Waals surface area contributed by atoms with Gasteiger partial charge < -0.3 is 10.0 Å². The largest absolute Gasteiger partial charge is 0.371 e. The van der Waals surface area contributed by atoms with Crippen LogP contribution < -0.4 is 4.90 Å². The molecule has 2 rings (SSSR count). The van der Waals surface area contributed by atoms with Crippen LogP contribution in [0.25, 0.3) is 0 Å². The van der Waals surface area contributed by atoms with Crippen LogP contribution in [0.5, 0.6) is 0 Å². The summed E-state index contributed by atoms with van der Waals surface area (Å²) in [6, 6.07) is -0.214. The lowest BCUT2D eigenvalue weighted by atomic mass is 9.98. The number of aliphatic hydroxyl groups is 1. The minimum atomic E-state index is -0.840. The Morgan fingerprint density at radius 2 is 2.17 bits per heavy atom. The molecule has 1 aromatic rings. The third-order valence-electron chi connectivity index (χ3n) is 2.56. The molecular formula is C10H15IN4O2S. The van der Waals surface area contributed by atoms with Gasteiger partial charge in [0.25, 0.3) is 0 Å². The van der Waals surface area contributed by atoms with Crippen LogP contribution in [0.15, 0.2) is 0 Å². The van der Waals surface area contributed by atoms with Crippen molar-refractivity contribution in [2.24, 2.45) is 0 Å². The van der Waals surface area contributed by atoms with Crippen molar-refractivity contribution in [2.45, 2.75) is 32.4 Å². The van der Waals surface area contributed by atoms with Gasteiger partial charge in [-0.15, -0.1) is 10.2 Å². The van der Waals surface area contributed by atoms with Crippen molar-refractivity contribution >= 4 is 45.1 Å². The number of aromatic nitrogens is 2. The van der Waals surface area contributed by atoms with Crippen LogP contribution in [0.1, 0.15) is 25.8 Å². The highest BCUT2D eigenvalue weighted by molar-refractivity contribution is 14.1. The van der Waals surface area contributed by atoms with Gasteiger partial charge in [0.15, 0.2) is 6.23 Å². The number of hydrogen-bond donors (Lipinski definition) is 1. The van der Waals surface area contributed by atoms with E-state index in [1.54, 1.807) is 4.90 Å². The molecule has 18 heavy (non-hydrogen) atoms. The number of rotatable bonds is 2. The molecule has 0 aromatic carbocycles. The lowest BCUT2D eigenvalue weighted by Gasteiger charge is -2.15. The molecule has 1 aliphatic heterocycles. The molecule has 1 unspecified atom stereocenters. The summed E-state index contributed by atoms with van der Waals surface area (Å²) in [4.78, 5) is 14.9. The maximum atomic E-state index is 12.0. The van der Waals surface area contributed by atoms with Crippen LogP contribution in [-0.4, -0.2) is 43.6 Å². The van der Waals surface area contributed by atoms with Gasteiger partial charge in [0.2, 0.25) is 5.13 Å². The van der Waals surface area contributed by atoms with Crippen molar-refractivity contribution in [1.29, 1.82) is 0 Å². The summed E-state index contributed by atoms with van der Waals surface area (Å²) in [6.07, 6.45) is -0.840. The number of carbonyl (C=O) groups is 1. The van der Waals surface area contributed by atoms with E-state index in [9.17, 15) is 9.90 Å². The van der Waals surface area contributed by atoms with E-state index in [1.165, 1.54) is 16.2 Å². The van der Waals surface area contributed by atoms with Crippen LogP contribution >= 0.6 is 33.9 Å². The van der Waals surface area contributed by atoms with Gasteiger partial charge in [-0.3, -0.25) is 0 Å². The molecule has 0 radical (unpaired) electrons. The Hall–Kier alpha value is -0.480. The zero-order valence-electron chi connectivity index (χ0n) is 10.4. The van der Waals surface area contributed by atoms with Crippen LogP contribution in [0.3, 0.4) is 0 Å². The molecule has 0 spiro atoms. The molecule has 1 fully saturated rings. The number of hydrogen-bond acceptors (Lipinski definition) is 5. The molecule has 1 aromatic heterocycles. The summed E-state index contributed by atoms with van der Waals surface area (Å²) >= 11 is 3.45. The second kappa shape index (κ2) is 4.89. The highest BCUT2D eigenvalue weighted by Gasteiger charge is 2.39. The number of β-amino-alcohol motifs (C(OH)–C–C–N with tert-alkyl or cyclic N) is 1. The maximum Gasteiger partial charge on any atom is 0.329 e. The van der Waals surface area contributed by atoms with E-state index >= 15 is 0 Å². The first-order valence-electron chi connectivity index (χ1n) is 5.50. The third kappa shape index (κ3) is 2.45. The predicted molar refractivity (Wildman–Crippen MR) is 78.1 cm³/mol. The van der Waals surface area contributed by atoms with E-state index in [1.807, 2.05) is 20.8 Å². The van der Waals surface area contributed by atoms with Crippen molar-refractivity contribution in [3.8, 4) is 0 Å². The van der Waals surface area contributed by atoms with E-state index in [0.29, 0.717) is 16.2 Å². The Bertz CT molecular complexity index is 459. The number of nitrogens with zero attached hydrogens (tertiary/aromatic N) is 4. The SMILES string of the molecule is CC(C)(C)c1nnc(N2C(=O)N(CI)CC2O)s1. The van der Waals surface area contributed by atoms with Gasteiger partial charge in [-0.05, 0) is 0 Å². The summed E-state index contributed by atoms with van der Waals surface area (Å²) in [5, 5.41) is 19.4. The topological polar surface area (TPSA) is 69.6 Å². The van der Waals surface area contributed by atoms with Crippen LogP contribution in [0, 0.1) is 0 Å². The van der Waals surface area contributed by atoms with Gasteiger partial charge in [0.1, 0.15) is 5.01 Å². The van der Waals surface area contributed by atoms with Gasteiger partial charge in [0, 0.05) is 5.41 Å². The zero-order chi connectivity index (χ0) is 13.5. The Morgan fingerprint density at radius 1 is 1.50 bits per heavy atom. The number of halogens is 1. The quantitative estimate of drug-likeness (QED) is 0.481. The third-order valence-corrected chi connectivity index (χ3v) is 4.74. The van der Waals surface area contributed by atoms with Crippen molar-refractivity contribution in [2.75, 3.05) is 16.0 Å². The molecule has 6 nitrogen and oxygen atoms in total. The highest BCUT2D eigenvalue weighted by Crippen LogP contribution is 2.32. The van der Waals surface area contributed by atoms with E-state index in [0.717, 1.165) is 5.01 Å². The number of carbonyl (C=O) groups excluding carboxylic acids is 1. The average molecular weight is 382 g/mol. The van der Waals surface area contributed by atoms with Gasteiger partial charge in [-0.2, -0.15) is 0 Å². The number of anilines is 1. The average Bonchev–Trinajstić information content (AvgIpc) is 2.83. The monoisotopic (exact) mass is 382 g/mol. The number of aliphatic hydroxyl groups excluding tert-OH is 1. The Labute approximate surface area is 123 Å². The lowest BCUT2D eigenvalue weighted by Crippen LogP contribution is -2.34. The summed E-state index contributed by atoms with van der Waals surface area (Å²) in [5.41, 5.74) is -0.105.